The molecule has 3 saturated carbocycles. The van der Waals surface area contributed by atoms with Crippen molar-refractivity contribution in [2.45, 2.75) is 35.8 Å². The molecule has 3 heteroatoms. The SMILES string of the molecule is Cc1ccc(N=S(=O)(c2ccccc2)C23CC(C2)C3)cc1. The van der Waals surface area contributed by atoms with Gasteiger partial charge in [-0.2, -0.15) is 4.36 Å². The molecule has 2 aromatic rings. The molecule has 2 bridgehead atoms. The third-order valence-electron chi connectivity index (χ3n) is 4.90. The van der Waals surface area contributed by atoms with Gasteiger partial charge in [0.1, 0.15) is 0 Å². The molecule has 2 aromatic carbocycles. The highest BCUT2D eigenvalue weighted by Gasteiger charge is 2.63. The topological polar surface area (TPSA) is 29.4 Å². The normalized spacial score (nSPS) is 28.9. The van der Waals surface area contributed by atoms with Crippen LogP contribution in [0.25, 0.3) is 0 Å². The zero-order chi connectivity index (χ0) is 14.5. The molecule has 0 spiro atoms. The van der Waals surface area contributed by atoms with Crippen molar-refractivity contribution >= 4 is 15.4 Å². The standard InChI is InChI=1S/C18H19NOS/c1-14-7-9-16(10-8-14)19-21(20,17-5-3-2-4-6-17)18-11-15(12-18)13-18/h2-10,15H,11-13H2,1H3. The van der Waals surface area contributed by atoms with Gasteiger partial charge in [0.15, 0.2) is 0 Å². The van der Waals surface area contributed by atoms with Gasteiger partial charge >= 0.3 is 0 Å². The summed E-state index contributed by atoms with van der Waals surface area (Å²) in [5.74, 6) is 0.794. The van der Waals surface area contributed by atoms with Crippen LogP contribution < -0.4 is 0 Å². The fourth-order valence-corrected chi connectivity index (χ4v) is 6.62. The number of nitrogens with zero attached hydrogens (tertiary/aromatic N) is 1. The molecule has 0 N–H and O–H groups in total. The number of aryl methyl sites for hydroxylation is 1. The van der Waals surface area contributed by atoms with Crippen LogP contribution in [0.4, 0.5) is 5.69 Å². The lowest BCUT2D eigenvalue weighted by atomic mass is 9.55. The quantitative estimate of drug-likeness (QED) is 0.807. The average Bonchev–Trinajstić information content (AvgIpc) is 2.39. The number of rotatable bonds is 3. The summed E-state index contributed by atoms with van der Waals surface area (Å²) in [6, 6.07) is 17.9. The van der Waals surface area contributed by atoms with Crippen molar-refractivity contribution in [2.24, 2.45) is 10.3 Å². The molecule has 108 valence electrons. The Labute approximate surface area is 126 Å². The van der Waals surface area contributed by atoms with Crippen LogP contribution in [0.2, 0.25) is 0 Å². The second kappa shape index (κ2) is 4.44. The third-order valence-corrected chi connectivity index (χ3v) is 7.95. The minimum Gasteiger partial charge on any atom is -0.244 e. The summed E-state index contributed by atoms with van der Waals surface area (Å²) in [7, 11) is -2.38. The molecule has 2 nitrogen and oxygen atoms in total. The van der Waals surface area contributed by atoms with Crippen molar-refractivity contribution in [3.05, 3.63) is 60.2 Å². The van der Waals surface area contributed by atoms with Crippen LogP contribution in [-0.4, -0.2) is 8.96 Å². The van der Waals surface area contributed by atoms with E-state index in [1.54, 1.807) is 0 Å². The molecule has 3 aliphatic rings. The molecule has 0 aliphatic heterocycles. The lowest BCUT2D eigenvalue weighted by molar-refractivity contribution is 0.0516. The molecule has 0 saturated heterocycles. The van der Waals surface area contributed by atoms with Gasteiger partial charge in [-0.1, -0.05) is 35.9 Å². The van der Waals surface area contributed by atoms with Crippen molar-refractivity contribution in [3.63, 3.8) is 0 Å². The predicted octanol–water partition coefficient (Wildman–Crippen LogP) is 4.71. The van der Waals surface area contributed by atoms with Gasteiger partial charge in [-0.05, 0) is 56.4 Å². The summed E-state index contributed by atoms with van der Waals surface area (Å²) in [4.78, 5) is 0.892. The van der Waals surface area contributed by atoms with Crippen molar-refractivity contribution in [3.8, 4) is 0 Å². The van der Waals surface area contributed by atoms with E-state index in [0.29, 0.717) is 0 Å². The minimum absolute atomic E-state index is 0.0656. The zero-order valence-electron chi connectivity index (χ0n) is 12.2. The molecule has 0 amide bonds. The first-order chi connectivity index (χ1) is 10.1. The van der Waals surface area contributed by atoms with Gasteiger partial charge in [0.25, 0.3) is 0 Å². The lowest BCUT2D eigenvalue weighted by Gasteiger charge is -2.62. The molecule has 0 aromatic heterocycles. The van der Waals surface area contributed by atoms with Gasteiger partial charge in [0, 0.05) is 4.90 Å². The summed E-state index contributed by atoms with van der Waals surface area (Å²) in [6.07, 6.45) is 3.24. The Morgan fingerprint density at radius 1 is 1.00 bits per heavy atom. The van der Waals surface area contributed by atoms with E-state index in [1.165, 1.54) is 5.56 Å². The average molecular weight is 297 g/mol. The summed E-state index contributed by atoms with van der Waals surface area (Å²) >= 11 is 0. The van der Waals surface area contributed by atoms with E-state index in [1.807, 2.05) is 54.6 Å². The highest BCUT2D eigenvalue weighted by molar-refractivity contribution is 7.95. The summed E-state index contributed by atoms with van der Waals surface area (Å²) in [5.41, 5.74) is 2.03. The Morgan fingerprint density at radius 2 is 1.62 bits per heavy atom. The maximum atomic E-state index is 13.8. The monoisotopic (exact) mass is 297 g/mol. The van der Waals surface area contributed by atoms with E-state index in [4.69, 9.17) is 4.36 Å². The van der Waals surface area contributed by atoms with Gasteiger partial charge < -0.3 is 0 Å². The van der Waals surface area contributed by atoms with Crippen LogP contribution in [-0.2, 0) is 9.73 Å². The summed E-state index contributed by atoms with van der Waals surface area (Å²) in [5, 5.41) is 0. The molecule has 1 unspecified atom stereocenters. The van der Waals surface area contributed by atoms with Crippen LogP contribution in [0, 0.1) is 12.8 Å². The van der Waals surface area contributed by atoms with Gasteiger partial charge in [-0.15, -0.1) is 0 Å². The molecule has 3 aliphatic carbocycles. The minimum atomic E-state index is -2.38. The van der Waals surface area contributed by atoms with Crippen molar-refractivity contribution in [2.75, 3.05) is 0 Å². The molecule has 21 heavy (non-hydrogen) atoms. The Morgan fingerprint density at radius 3 is 2.14 bits per heavy atom. The molecular formula is C18H19NOS. The maximum Gasteiger partial charge on any atom is 0.0859 e. The number of benzene rings is 2. The Kier molecular flexibility index (Phi) is 2.77. The number of hydrogen-bond acceptors (Lipinski definition) is 2. The summed E-state index contributed by atoms with van der Waals surface area (Å²) < 4.78 is 18.5. The molecule has 5 rings (SSSR count). The van der Waals surface area contributed by atoms with E-state index in [9.17, 15) is 4.21 Å². The van der Waals surface area contributed by atoms with Crippen molar-refractivity contribution in [1.82, 2.24) is 0 Å². The molecule has 1 atom stereocenters. The Hall–Kier alpha value is -1.61. The van der Waals surface area contributed by atoms with Crippen LogP contribution in [0.15, 0.2) is 63.9 Å². The highest BCUT2D eigenvalue weighted by Crippen LogP contribution is 2.64. The predicted molar refractivity (Wildman–Crippen MR) is 86.2 cm³/mol. The second-order valence-corrected chi connectivity index (χ2v) is 9.00. The zero-order valence-corrected chi connectivity index (χ0v) is 13.0. The highest BCUT2D eigenvalue weighted by atomic mass is 32.2. The first-order valence-electron chi connectivity index (χ1n) is 7.50. The third kappa shape index (κ3) is 1.87. The van der Waals surface area contributed by atoms with E-state index in [-0.39, 0.29) is 4.75 Å². The molecule has 0 heterocycles. The Balaban J connectivity index is 1.88. The fraction of sp³-hybridized carbons (Fsp3) is 0.333. The largest absolute Gasteiger partial charge is 0.244 e. The van der Waals surface area contributed by atoms with Crippen LogP contribution in [0.5, 0.6) is 0 Å². The van der Waals surface area contributed by atoms with Gasteiger partial charge in [-0.3, -0.25) is 0 Å². The fourth-order valence-electron chi connectivity index (χ4n) is 3.50. The van der Waals surface area contributed by atoms with Gasteiger partial charge in [-0.25, -0.2) is 4.21 Å². The van der Waals surface area contributed by atoms with E-state index in [2.05, 4.69) is 6.92 Å². The van der Waals surface area contributed by atoms with Crippen molar-refractivity contribution < 1.29 is 4.21 Å². The first-order valence-corrected chi connectivity index (χ1v) is 9.01. The molecule has 0 radical (unpaired) electrons. The van der Waals surface area contributed by atoms with E-state index >= 15 is 0 Å². The molecule has 3 fully saturated rings. The van der Waals surface area contributed by atoms with E-state index in [0.717, 1.165) is 35.8 Å². The second-order valence-electron chi connectivity index (χ2n) is 6.43. The lowest BCUT2D eigenvalue weighted by Crippen LogP contribution is -2.62. The van der Waals surface area contributed by atoms with E-state index < -0.39 is 9.73 Å². The maximum absolute atomic E-state index is 13.8. The first kappa shape index (κ1) is 13.1. The van der Waals surface area contributed by atoms with Gasteiger partial charge in [0.05, 0.1) is 20.2 Å². The van der Waals surface area contributed by atoms with Crippen molar-refractivity contribution in [1.29, 1.82) is 0 Å². The van der Waals surface area contributed by atoms with Gasteiger partial charge in [0.2, 0.25) is 0 Å². The van der Waals surface area contributed by atoms with Crippen LogP contribution in [0.3, 0.4) is 0 Å². The summed E-state index contributed by atoms with van der Waals surface area (Å²) in [6.45, 7) is 2.05. The smallest absolute Gasteiger partial charge is 0.0859 e. The number of hydrogen-bond donors (Lipinski definition) is 0. The van der Waals surface area contributed by atoms with Crippen LogP contribution >= 0.6 is 0 Å². The van der Waals surface area contributed by atoms with Crippen LogP contribution in [0.1, 0.15) is 24.8 Å². The molecular weight excluding hydrogens is 278 g/mol. The Bertz CT molecular complexity index is 769.